The molecule has 18 heavy (non-hydrogen) atoms. The molecule has 0 radical (unpaired) electrons. The van der Waals surface area contributed by atoms with Crippen molar-refractivity contribution in [1.29, 1.82) is 0 Å². The highest BCUT2D eigenvalue weighted by molar-refractivity contribution is 5.29. The molecule has 2 aromatic rings. The van der Waals surface area contributed by atoms with Crippen LogP contribution in [-0.2, 0) is 6.42 Å². The molecular formula is C15H20N2O. The van der Waals surface area contributed by atoms with Gasteiger partial charge in [0.1, 0.15) is 6.10 Å². The summed E-state index contributed by atoms with van der Waals surface area (Å²) >= 11 is 0. The first-order valence-corrected chi connectivity index (χ1v) is 6.42. The van der Waals surface area contributed by atoms with Crippen LogP contribution in [0, 0.1) is 0 Å². The normalized spacial score (nSPS) is 12.9. The minimum Gasteiger partial charge on any atom is -0.382 e. The number of hydrogen-bond acceptors (Lipinski definition) is 2. The number of rotatable bonds is 4. The van der Waals surface area contributed by atoms with E-state index in [2.05, 4.69) is 37.9 Å². The van der Waals surface area contributed by atoms with Gasteiger partial charge in [-0.2, -0.15) is 0 Å². The lowest BCUT2D eigenvalue weighted by Gasteiger charge is -2.17. The second kappa shape index (κ2) is 5.36. The van der Waals surface area contributed by atoms with E-state index in [-0.39, 0.29) is 0 Å². The minimum atomic E-state index is -0.610. The minimum absolute atomic E-state index is 0.298. The number of imidazole rings is 1. The Bertz CT molecular complexity index is 517. The van der Waals surface area contributed by atoms with E-state index < -0.39 is 6.10 Å². The summed E-state index contributed by atoms with van der Waals surface area (Å²) in [7, 11) is 0. The predicted octanol–water partition coefficient (Wildman–Crippen LogP) is 3.11. The Morgan fingerprint density at radius 1 is 1.33 bits per heavy atom. The third-order valence-electron chi connectivity index (χ3n) is 3.21. The summed E-state index contributed by atoms with van der Waals surface area (Å²) in [6.45, 7) is 6.28. The summed E-state index contributed by atoms with van der Waals surface area (Å²) < 4.78 is 2.00. The number of nitrogens with zero attached hydrogens (tertiary/aromatic N) is 2. The Morgan fingerprint density at radius 2 is 2.11 bits per heavy atom. The largest absolute Gasteiger partial charge is 0.382 e. The van der Waals surface area contributed by atoms with Gasteiger partial charge >= 0.3 is 0 Å². The quantitative estimate of drug-likeness (QED) is 0.897. The highest BCUT2D eigenvalue weighted by atomic mass is 16.3. The van der Waals surface area contributed by atoms with Crippen molar-refractivity contribution in [2.24, 2.45) is 0 Å². The molecule has 0 bridgehead atoms. The van der Waals surface area contributed by atoms with E-state index in [0.29, 0.717) is 6.04 Å². The highest BCUT2D eigenvalue weighted by Gasteiger charge is 2.16. The van der Waals surface area contributed by atoms with Gasteiger partial charge in [-0.05, 0) is 31.4 Å². The van der Waals surface area contributed by atoms with Gasteiger partial charge in [0.05, 0.1) is 18.2 Å². The van der Waals surface area contributed by atoms with Crippen molar-refractivity contribution in [3.63, 3.8) is 0 Å². The van der Waals surface area contributed by atoms with Gasteiger partial charge in [0.2, 0.25) is 0 Å². The lowest BCUT2D eigenvalue weighted by Crippen LogP contribution is -2.10. The first kappa shape index (κ1) is 12.8. The number of aliphatic hydroxyl groups excluding tert-OH is 1. The molecule has 0 saturated carbocycles. The van der Waals surface area contributed by atoms with Crippen LogP contribution in [0.2, 0.25) is 0 Å². The SMILES string of the molecule is CCc1cccc(C(O)c2cncn2C(C)C)c1. The zero-order valence-corrected chi connectivity index (χ0v) is 11.2. The topological polar surface area (TPSA) is 38.1 Å². The molecule has 0 saturated heterocycles. The molecule has 1 aromatic carbocycles. The van der Waals surface area contributed by atoms with Crippen LogP contribution < -0.4 is 0 Å². The maximum Gasteiger partial charge on any atom is 0.121 e. The molecule has 1 aromatic heterocycles. The molecule has 0 amide bonds. The van der Waals surface area contributed by atoms with Gasteiger partial charge in [-0.25, -0.2) is 4.98 Å². The third kappa shape index (κ3) is 2.46. The number of hydrogen-bond donors (Lipinski definition) is 1. The second-order valence-corrected chi connectivity index (χ2v) is 4.82. The predicted molar refractivity (Wildman–Crippen MR) is 72.5 cm³/mol. The highest BCUT2D eigenvalue weighted by Crippen LogP contribution is 2.24. The lowest BCUT2D eigenvalue weighted by atomic mass is 10.0. The van der Waals surface area contributed by atoms with Crippen LogP contribution in [0.3, 0.4) is 0 Å². The molecule has 96 valence electrons. The fourth-order valence-electron chi connectivity index (χ4n) is 2.11. The van der Waals surface area contributed by atoms with Crippen molar-refractivity contribution >= 4 is 0 Å². The van der Waals surface area contributed by atoms with E-state index in [1.54, 1.807) is 12.5 Å². The Labute approximate surface area is 108 Å². The Balaban J connectivity index is 2.35. The molecule has 0 aliphatic carbocycles. The van der Waals surface area contributed by atoms with Crippen molar-refractivity contribution in [3.8, 4) is 0 Å². The summed E-state index contributed by atoms with van der Waals surface area (Å²) in [4.78, 5) is 4.14. The van der Waals surface area contributed by atoms with Gasteiger partial charge in [0.15, 0.2) is 0 Å². The van der Waals surface area contributed by atoms with Crippen LogP contribution in [0.5, 0.6) is 0 Å². The van der Waals surface area contributed by atoms with E-state index in [0.717, 1.165) is 17.7 Å². The van der Waals surface area contributed by atoms with Crippen molar-refractivity contribution in [2.45, 2.75) is 39.3 Å². The van der Waals surface area contributed by atoms with Crippen LogP contribution in [-0.4, -0.2) is 14.7 Å². The summed E-state index contributed by atoms with van der Waals surface area (Å²) in [5.41, 5.74) is 3.01. The van der Waals surface area contributed by atoms with Crippen LogP contribution in [0.15, 0.2) is 36.8 Å². The van der Waals surface area contributed by atoms with Gasteiger partial charge in [-0.1, -0.05) is 31.2 Å². The molecule has 0 spiro atoms. The second-order valence-electron chi connectivity index (χ2n) is 4.82. The van der Waals surface area contributed by atoms with Crippen molar-refractivity contribution in [3.05, 3.63) is 53.6 Å². The zero-order valence-electron chi connectivity index (χ0n) is 11.2. The first-order chi connectivity index (χ1) is 8.63. The molecular weight excluding hydrogens is 224 g/mol. The molecule has 0 aliphatic heterocycles. The van der Waals surface area contributed by atoms with Gasteiger partial charge in [0, 0.05) is 6.04 Å². The van der Waals surface area contributed by atoms with Crippen LogP contribution in [0.1, 0.15) is 49.7 Å². The van der Waals surface area contributed by atoms with Crippen LogP contribution in [0.25, 0.3) is 0 Å². The summed E-state index contributed by atoms with van der Waals surface area (Å²) in [6, 6.07) is 8.39. The molecule has 3 nitrogen and oxygen atoms in total. The summed E-state index contributed by atoms with van der Waals surface area (Å²) in [5.74, 6) is 0. The number of aromatic nitrogens is 2. The van der Waals surface area contributed by atoms with Gasteiger partial charge in [-0.15, -0.1) is 0 Å². The van der Waals surface area contributed by atoms with Gasteiger partial charge < -0.3 is 9.67 Å². The van der Waals surface area contributed by atoms with E-state index >= 15 is 0 Å². The number of aryl methyl sites for hydroxylation is 1. The Morgan fingerprint density at radius 3 is 2.78 bits per heavy atom. The van der Waals surface area contributed by atoms with Gasteiger partial charge in [0.25, 0.3) is 0 Å². The molecule has 3 heteroatoms. The molecule has 1 heterocycles. The van der Waals surface area contributed by atoms with Crippen LogP contribution in [0.4, 0.5) is 0 Å². The third-order valence-corrected chi connectivity index (χ3v) is 3.21. The Kier molecular flexibility index (Phi) is 3.82. The van der Waals surface area contributed by atoms with Crippen molar-refractivity contribution < 1.29 is 5.11 Å². The maximum absolute atomic E-state index is 10.5. The van der Waals surface area contributed by atoms with E-state index in [1.807, 2.05) is 16.7 Å². The lowest BCUT2D eigenvalue weighted by molar-refractivity contribution is 0.208. The monoisotopic (exact) mass is 244 g/mol. The summed E-state index contributed by atoms with van der Waals surface area (Å²) in [5, 5.41) is 10.5. The van der Waals surface area contributed by atoms with Gasteiger partial charge in [-0.3, -0.25) is 0 Å². The van der Waals surface area contributed by atoms with E-state index in [1.165, 1.54) is 5.56 Å². The van der Waals surface area contributed by atoms with Crippen LogP contribution >= 0.6 is 0 Å². The molecule has 1 N–H and O–H groups in total. The molecule has 2 rings (SSSR count). The zero-order chi connectivity index (χ0) is 13.1. The average molecular weight is 244 g/mol. The van der Waals surface area contributed by atoms with Crippen molar-refractivity contribution in [1.82, 2.24) is 9.55 Å². The first-order valence-electron chi connectivity index (χ1n) is 6.42. The number of aliphatic hydroxyl groups is 1. The standard InChI is InChI=1S/C15H20N2O/c1-4-12-6-5-7-13(8-12)15(18)14-9-16-10-17(14)11(2)3/h5-11,15,18H,4H2,1-3H3. The van der Waals surface area contributed by atoms with Crippen molar-refractivity contribution in [2.75, 3.05) is 0 Å². The fourth-order valence-corrected chi connectivity index (χ4v) is 2.11. The smallest absolute Gasteiger partial charge is 0.121 e. The molecule has 0 aliphatic rings. The molecule has 1 atom stereocenters. The number of benzene rings is 1. The average Bonchev–Trinajstić information content (AvgIpc) is 2.87. The molecule has 0 fully saturated rings. The fraction of sp³-hybridized carbons (Fsp3) is 0.400. The van der Waals surface area contributed by atoms with E-state index in [4.69, 9.17) is 0 Å². The molecule has 1 unspecified atom stereocenters. The maximum atomic E-state index is 10.5. The Hall–Kier alpha value is -1.61. The summed E-state index contributed by atoms with van der Waals surface area (Å²) in [6.07, 6.45) is 3.88. The van der Waals surface area contributed by atoms with E-state index in [9.17, 15) is 5.11 Å².